The van der Waals surface area contributed by atoms with E-state index >= 15 is 0 Å². The van der Waals surface area contributed by atoms with Crippen LogP contribution < -0.4 is 5.32 Å². The summed E-state index contributed by atoms with van der Waals surface area (Å²) >= 11 is 1.89. The average molecular weight is 703 g/mol. The van der Waals surface area contributed by atoms with Gasteiger partial charge in [-0.1, -0.05) is 147 Å². The molecule has 2 nitrogen and oxygen atoms in total. The van der Waals surface area contributed by atoms with Crippen molar-refractivity contribution in [3.8, 4) is 27.9 Å². The molecule has 2 heterocycles. The Hall–Kier alpha value is -5.90. The summed E-state index contributed by atoms with van der Waals surface area (Å²) in [6.07, 6.45) is 5.78. The lowest BCUT2D eigenvalue weighted by Crippen LogP contribution is -2.17. The highest BCUT2D eigenvalue weighted by atomic mass is 32.1. The normalized spacial score (nSPS) is 12.6. The second-order valence-electron chi connectivity index (χ2n) is 14.0. The van der Waals surface area contributed by atoms with Gasteiger partial charge >= 0.3 is 0 Å². The number of allylic oxidation sites excluding steroid dienone is 1. The SMILES string of the molecule is CCCC/C=C(\NC(C)c1cccc(-n2c3ccccc3c3cc(-c4cccc5c4sc4ccccc45)ccc32)c1)c1ccc(-c2ccccc2)cc1. The van der Waals surface area contributed by atoms with Gasteiger partial charge in [0.05, 0.1) is 11.0 Å². The molecule has 7 aromatic carbocycles. The third kappa shape index (κ3) is 6.22. The number of para-hydroxylation sites is 1. The number of unbranched alkanes of at least 4 members (excludes halogenated alkanes) is 2. The molecule has 0 radical (unpaired) electrons. The molecule has 1 unspecified atom stereocenters. The zero-order chi connectivity index (χ0) is 35.7. The summed E-state index contributed by atoms with van der Waals surface area (Å²) in [6.45, 7) is 4.53. The maximum Gasteiger partial charge on any atom is 0.0541 e. The van der Waals surface area contributed by atoms with Crippen molar-refractivity contribution in [3.05, 3.63) is 181 Å². The van der Waals surface area contributed by atoms with Crippen molar-refractivity contribution < 1.29 is 0 Å². The summed E-state index contributed by atoms with van der Waals surface area (Å²) in [4.78, 5) is 0. The molecule has 1 atom stereocenters. The number of aromatic nitrogens is 1. The van der Waals surface area contributed by atoms with Crippen LogP contribution in [0.2, 0.25) is 0 Å². The summed E-state index contributed by atoms with van der Waals surface area (Å²) in [5.74, 6) is 0. The number of thiophene rings is 1. The highest BCUT2D eigenvalue weighted by molar-refractivity contribution is 7.26. The van der Waals surface area contributed by atoms with E-state index in [2.05, 4.69) is 194 Å². The number of rotatable bonds is 10. The number of benzene rings is 7. The molecular formula is C50H42N2S. The fourth-order valence-corrected chi connectivity index (χ4v) is 9.06. The van der Waals surface area contributed by atoms with Gasteiger partial charge in [-0.3, -0.25) is 0 Å². The molecule has 0 aliphatic carbocycles. The van der Waals surface area contributed by atoms with E-state index in [4.69, 9.17) is 0 Å². The summed E-state index contributed by atoms with van der Waals surface area (Å²) in [5, 5.41) is 9.12. The van der Waals surface area contributed by atoms with Gasteiger partial charge in [-0.25, -0.2) is 0 Å². The van der Waals surface area contributed by atoms with Crippen LogP contribution in [-0.2, 0) is 0 Å². The molecule has 0 saturated heterocycles. The third-order valence-corrected chi connectivity index (χ3v) is 11.8. The smallest absolute Gasteiger partial charge is 0.0541 e. The first-order valence-corrected chi connectivity index (χ1v) is 19.6. The molecule has 9 aromatic rings. The maximum absolute atomic E-state index is 3.92. The molecule has 0 aliphatic rings. The Labute approximate surface area is 315 Å². The topological polar surface area (TPSA) is 17.0 Å². The number of hydrogen-bond acceptors (Lipinski definition) is 2. The fourth-order valence-electron chi connectivity index (χ4n) is 7.83. The van der Waals surface area contributed by atoms with Gasteiger partial charge in [-0.05, 0) is 89.5 Å². The van der Waals surface area contributed by atoms with Crippen molar-refractivity contribution in [2.24, 2.45) is 0 Å². The molecule has 2 aromatic heterocycles. The van der Waals surface area contributed by atoms with Crippen molar-refractivity contribution in [1.82, 2.24) is 9.88 Å². The lowest BCUT2D eigenvalue weighted by atomic mass is 10.0. The molecule has 258 valence electrons. The van der Waals surface area contributed by atoms with Crippen LogP contribution in [0.4, 0.5) is 0 Å². The lowest BCUT2D eigenvalue weighted by molar-refractivity contribution is 0.696. The van der Waals surface area contributed by atoms with Crippen molar-refractivity contribution in [3.63, 3.8) is 0 Å². The molecule has 53 heavy (non-hydrogen) atoms. The summed E-state index contributed by atoms with van der Waals surface area (Å²) in [6, 6.07) is 60.1. The molecular weight excluding hydrogens is 661 g/mol. The Kier molecular flexibility index (Phi) is 8.87. The van der Waals surface area contributed by atoms with E-state index in [9.17, 15) is 0 Å². The minimum absolute atomic E-state index is 0.109. The zero-order valence-corrected chi connectivity index (χ0v) is 31.0. The highest BCUT2D eigenvalue weighted by Crippen LogP contribution is 2.42. The van der Waals surface area contributed by atoms with Crippen molar-refractivity contribution in [2.45, 2.75) is 39.2 Å². The first-order chi connectivity index (χ1) is 26.2. The van der Waals surface area contributed by atoms with Gasteiger partial charge in [0, 0.05) is 48.4 Å². The second kappa shape index (κ2) is 14.3. The van der Waals surface area contributed by atoms with Crippen LogP contribution in [0.3, 0.4) is 0 Å². The van der Waals surface area contributed by atoms with Crippen LogP contribution in [0.15, 0.2) is 170 Å². The molecule has 1 N–H and O–H groups in total. The molecule has 3 heteroatoms. The van der Waals surface area contributed by atoms with Crippen LogP contribution in [0, 0.1) is 0 Å². The molecule has 0 spiro atoms. The van der Waals surface area contributed by atoms with E-state index < -0.39 is 0 Å². The largest absolute Gasteiger partial charge is 0.378 e. The van der Waals surface area contributed by atoms with Crippen molar-refractivity contribution in [1.29, 1.82) is 0 Å². The maximum atomic E-state index is 3.92. The van der Waals surface area contributed by atoms with Crippen LogP contribution in [0.5, 0.6) is 0 Å². The molecule has 0 saturated carbocycles. The first-order valence-electron chi connectivity index (χ1n) is 18.8. The van der Waals surface area contributed by atoms with E-state index in [1.54, 1.807) is 0 Å². The van der Waals surface area contributed by atoms with Crippen molar-refractivity contribution in [2.75, 3.05) is 0 Å². The Morgan fingerprint density at radius 3 is 2.17 bits per heavy atom. The van der Waals surface area contributed by atoms with Crippen LogP contribution >= 0.6 is 11.3 Å². The van der Waals surface area contributed by atoms with E-state index in [1.807, 2.05) is 11.3 Å². The van der Waals surface area contributed by atoms with Gasteiger partial charge in [0.15, 0.2) is 0 Å². The third-order valence-electron chi connectivity index (χ3n) is 10.6. The Morgan fingerprint density at radius 1 is 0.623 bits per heavy atom. The van der Waals surface area contributed by atoms with E-state index in [-0.39, 0.29) is 6.04 Å². The number of fused-ring (bicyclic) bond motifs is 6. The predicted molar refractivity (Wildman–Crippen MR) is 230 cm³/mol. The standard InChI is InChI=1S/C50H42N2S/c1-3-4-6-23-46(37-28-26-36(27-29-37)35-15-7-5-8-16-35)51-34(2)38-17-13-18-40(32-38)52-47-24-11-9-19-42(47)45-33-39(30-31-48(45)52)41-21-14-22-44-43-20-10-12-25-49(43)53-50(41)44/h5,7-34,51H,3-4,6H2,1-2H3/b46-23-. The van der Waals surface area contributed by atoms with Crippen LogP contribution in [0.1, 0.15) is 50.3 Å². The molecule has 9 rings (SSSR count). The summed E-state index contributed by atoms with van der Waals surface area (Å²) < 4.78 is 5.12. The Bertz CT molecular complexity index is 2750. The first kappa shape index (κ1) is 33.0. The minimum Gasteiger partial charge on any atom is -0.378 e. The lowest BCUT2D eigenvalue weighted by Gasteiger charge is -2.20. The summed E-state index contributed by atoms with van der Waals surface area (Å²) in [7, 11) is 0. The predicted octanol–water partition coefficient (Wildman–Crippen LogP) is 14.4. The number of nitrogens with zero attached hydrogens (tertiary/aromatic N) is 1. The molecule has 0 fully saturated rings. The summed E-state index contributed by atoms with van der Waals surface area (Å²) in [5.41, 5.74) is 12.3. The second-order valence-corrected chi connectivity index (χ2v) is 15.1. The molecule has 0 bridgehead atoms. The average Bonchev–Trinajstić information content (AvgIpc) is 3.77. The Morgan fingerprint density at radius 2 is 1.32 bits per heavy atom. The van der Waals surface area contributed by atoms with Gasteiger partial charge in [0.2, 0.25) is 0 Å². The molecule has 0 amide bonds. The van der Waals surface area contributed by atoms with Gasteiger partial charge in [-0.15, -0.1) is 11.3 Å². The van der Waals surface area contributed by atoms with Crippen LogP contribution in [0.25, 0.3) is 75.6 Å². The van der Waals surface area contributed by atoms with Crippen LogP contribution in [-0.4, -0.2) is 4.57 Å². The number of hydrogen-bond donors (Lipinski definition) is 1. The zero-order valence-electron chi connectivity index (χ0n) is 30.2. The van der Waals surface area contributed by atoms with Gasteiger partial charge in [0.25, 0.3) is 0 Å². The number of nitrogens with one attached hydrogen (secondary N) is 1. The van der Waals surface area contributed by atoms with Gasteiger partial charge in [-0.2, -0.15) is 0 Å². The fraction of sp³-hybridized carbons (Fsp3) is 0.120. The minimum atomic E-state index is 0.109. The van der Waals surface area contributed by atoms with Gasteiger partial charge < -0.3 is 9.88 Å². The molecule has 0 aliphatic heterocycles. The quantitative estimate of drug-likeness (QED) is 0.140. The van der Waals surface area contributed by atoms with Crippen molar-refractivity contribution >= 4 is 59.0 Å². The van der Waals surface area contributed by atoms with E-state index in [0.29, 0.717) is 0 Å². The van der Waals surface area contributed by atoms with Gasteiger partial charge in [0.1, 0.15) is 0 Å². The Balaban J connectivity index is 1.07. The van der Waals surface area contributed by atoms with E-state index in [1.165, 1.54) is 99.6 Å². The monoisotopic (exact) mass is 702 g/mol. The van der Waals surface area contributed by atoms with E-state index in [0.717, 1.165) is 6.42 Å². The highest BCUT2D eigenvalue weighted by Gasteiger charge is 2.17.